The number of piperidine rings is 1. The first kappa shape index (κ1) is 26.1. The summed E-state index contributed by atoms with van der Waals surface area (Å²) in [5.74, 6) is -0.435. The molecule has 14 atom stereocenters. The van der Waals surface area contributed by atoms with Gasteiger partial charge >= 0.3 is 5.97 Å². The van der Waals surface area contributed by atoms with Crippen molar-refractivity contribution in [2.75, 3.05) is 48.6 Å². The van der Waals surface area contributed by atoms with E-state index in [-0.39, 0.29) is 58.9 Å². The average molecular weight is 556 g/mol. The van der Waals surface area contributed by atoms with Gasteiger partial charge in [-0.3, -0.25) is 0 Å². The van der Waals surface area contributed by atoms with E-state index >= 15 is 0 Å². The van der Waals surface area contributed by atoms with Crippen LogP contribution in [0.25, 0.3) is 0 Å². The Balaban J connectivity index is 1.33. The van der Waals surface area contributed by atoms with Gasteiger partial charge in [-0.15, -0.1) is 0 Å². The van der Waals surface area contributed by atoms with Gasteiger partial charge in [0.1, 0.15) is 29.5 Å². The van der Waals surface area contributed by atoms with Crippen molar-refractivity contribution >= 4 is 5.97 Å². The summed E-state index contributed by atoms with van der Waals surface area (Å²) in [6.45, 7) is 1.57. The zero-order valence-corrected chi connectivity index (χ0v) is 23.9. The van der Waals surface area contributed by atoms with Crippen LogP contribution in [-0.4, -0.2) is 112 Å². The molecule has 2 saturated heterocycles. The lowest BCUT2D eigenvalue weighted by Crippen LogP contribution is -2.75. The third-order valence-corrected chi connectivity index (χ3v) is 12.7. The minimum atomic E-state index is -1.37. The van der Waals surface area contributed by atoms with E-state index < -0.39 is 29.4 Å². The number of aliphatic hydroxyl groups is 1. The number of benzene rings is 1. The maximum absolute atomic E-state index is 13.5. The molecule has 9 nitrogen and oxygen atoms in total. The van der Waals surface area contributed by atoms with Crippen molar-refractivity contribution in [3.8, 4) is 0 Å². The Morgan fingerprint density at radius 1 is 1.07 bits per heavy atom. The average Bonchev–Trinajstić information content (AvgIpc) is 3.53. The molecule has 7 fully saturated rings. The van der Waals surface area contributed by atoms with Gasteiger partial charge in [-0.1, -0.05) is 18.2 Å². The van der Waals surface area contributed by atoms with Crippen LogP contribution in [0.15, 0.2) is 30.3 Å². The van der Waals surface area contributed by atoms with Crippen LogP contribution in [0.2, 0.25) is 0 Å². The van der Waals surface area contributed by atoms with E-state index in [2.05, 4.69) is 11.9 Å². The lowest BCUT2D eigenvalue weighted by Gasteiger charge is -2.67. The molecule has 8 rings (SSSR count). The van der Waals surface area contributed by atoms with E-state index in [9.17, 15) is 9.90 Å². The monoisotopic (exact) mass is 555 g/mol. The first-order valence-corrected chi connectivity index (χ1v) is 14.7. The Bertz CT molecular complexity index is 1210. The molecule has 218 valence electrons. The molecule has 7 aliphatic rings. The second kappa shape index (κ2) is 8.28. The number of fused-ring (bicyclic) bond motifs is 1. The molecule has 40 heavy (non-hydrogen) atoms. The zero-order valence-electron chi connectivity index (χ0n) is 23.9. The zero-order chi connectivity index (χ0) is 27.8. The number of carbonyl (C=O) groups is 1. The van der Waals surface area contributed by atoms with E-state index in [1.54, 1.807) is 26.4 Å². The summed E-state index contributed by atoms with van der Waals surface area (Å²) >= 11 is 0. The predicted octanol–water partition coefficient (Wildman–Crippen LogP) is 1.76. The van der Waals surface area contributed by atoms with E-state index in [0.29, 0.717) is 18.6 Å². The molecule has 0 aromatic heterocycles. The molecule has 1 aromatic rings. The molecule has 5 saturated carbocycles. The molecule has 0 radical (unpaired) electrons. The molecular formula is C31H41NO8. The number of methoxy groups -OCH3 is 4. The van der Waals surface area contributed by atoms with E-state index in [1.807, 2.05) is 32.4 Å². The number of hydrogen-bond acceptors (Lipinski definition) is 9. The summed E-state index contributed by atoms with van der Waals surface area (Å²) in [5.41, 5.74) is -1.94. The van der Waals surface area contributed by atoms with Crippen molar-refractivity contribution in [1.29, 1.82) is 0 Å². The Morgan fingerprint density at radius 2 is 1.85 bits per heavy atom. The fraction of sp³-hybridized carbons (Fsp3) is 0.774. The summed E-state index contributed by atoms with van der Waals surface area (Å²) < 4.78 is 38.2. The number of nitrogens with zero attached hydrogens (tertiary/aromatic N) is 1. The van der Waals surface area contributed by atoms with Gasteiger partial charge in [-0.25, -0.2) is 4.79 Å². The standard InChI is InChI=1S/C31H41NO8/c1-32-14-28(15-35-2)12-11-18(36-3)30-17-13-29(34)24(39-27(33)16-9-7-6-8-10-16)19(17)31(26(40-31)25(29)38-5)20(23(30)32)21(37-4)22(28)30/h6-10,17-26,34H,11-15H2,1-5H3/t17-,18?,19-,20-,21?,22-,23-,24?,25+,26-,28+,29?,30?,31-/m1/s1. The van der Waals surface area contributed by atoms with Crippen molar-refractivity contribution in [3.05, 3.63) is 35.9 Å². The maximum Gasteiger partial charge on any atom is 0.338 e. The molecule has 5 aliphatic carbocycles. The van der Waals surface area contributed by atoms with Gasteiger partial charge in [0, 0.05) is 69.6 Å². The van der Waals surface area contributed by atoms with E-state index in [1.165, 1.54) is 0 Å². The van der Waals surface area contributed by atoms with Crippen molar-refractivity contribution in [2.24, 2.45) is 34.5 Å². The Kier molecular flexibility index (Phi) is 5.39. The van der Waals surface area contributed by atoms with Crippen LogP contribution in [0, 0.1) is 34.5 Å². The third-order valence-electron chi connectivity index (χ3n) is 12.7. The van der Waals surface area contributed by atoms with Crippen LogP contribution < -0.4 is 0 Å². The van der Waals surface area contributed by atoms with Crippen LogP contribution >= 0.6 is 0 Å². The highest BCUT2D eigenvalue weighted by Gasteiger charge is 2.95. The van der Waals surface area contributed by atoms with E-state index in [0.717, 1.165) is 19.4 Å². The lowest BCUT2D eigenvalue weighted by atomic mass is 9.43. The fourth-order valence-corrected chi connectivity index (χ4v) is 12.2. The topological polar surface area (TPSA) is 99.2 Å². The van der Waals surface area contributed by atoms with Crippen LogP contribution in [0.1, 0.15) is 29.6 Å². The summed E-state index contributed by atoms with van der Waals surface area (Å²) in [4.78, 5) is 16.1. The van der Waals surface area contributed by atoms with Gasteiger partial charge in [0.05, 0.1) is 24.4 Å². The number of likely N-dealkylation sites (tertiary alicyclic amines) is 1. The highest BCUT2D eigenvalue weighted by atomic mass is 16.7. The number of epoxide rings is 1. The SMILES string of the molecule is COC[C@@]12CCC(OC)C34[C@@H]5CC6(O)C(OC(=O)c7ccccc7)[C@@H]5[C@@]5(O[C@@H]5[C@@H]6OC)[C@H](C(OC)[C@@H]31)[C@H]4N(C)C2. The molecule has 5 unspecified atom stereocenters. The Hall–Kier alpha value is -1.59. The summed E-state index contributed by atoms with van der Waals surface area (Å²) in [7, 11) is 9.32. The normalized spacial score (nSPS) is 54.6. The predicted molar refractivity (Wildman–Crippen MR) is 142 cm³/mol. The van der Waals surface area contributed by atoms with Crippen LogP contribution in [-0.2, 0) is 28.4 Å². The second-order valence-electron chi connectivity index (χ2n) is 13.7. The molecule has 1 aromatic carbocycles. The number of ether oxygens (including phenoxy) is 6. The molecule has 2 spiro atoms. The number of hydrogen-bond donors (Lipinski definition) is 1. The van der Waals surface area contributed by atoms with Gasteiger partial charge in [0.2, 0.25) is 0 Å². The number of rotatable bonds is 7. The van der Waals surface area contributed by atoms with Crippen LogP contribution in [0.5, 0.6) is 0 Å². The highest BCUT2D eigenvalue weighted by Crippen LogP contribution is 2.83. The van der Waals surface area contributed by atoms with Gasteiger partial charge in [-0.2, -0.15) is 0 Å². The van der Waals surface area contributed by atoms with Crippen molar-refractivity contribution in [3.63, 3.8) is 0 Å². The van der Waals surface area contributed by atoms with Gasteiger partial charge in [-0.05, 0) is 44.4 Å². The largest absolute Gasteiger partial charge is 0.455 e. The smallest absolute Gasteiger partial charge is 0.338 e. The lowest BCUT2D eigenvalue weighted by molar-refractivity contribution is -0.249. The third kappa shape index (κ3) is 2.64. The summed E-state index contributed by atoms with van der Waals surface area (Å²) in [6.07, 6.45) is 0.639. The van der Waals surface area contributed by atoms with Gasteiger partial charge < -0.3 is 38.4 Å². The van der Waals surface area contributed by atoms with Crippen molar-refractivity contribution in [1.82, 2.24) is 4.90 Å². The fourth-order valence-electron chi connectivity index (χ4n) is 12.2. The highest BCUT2D eigenvalue weighted by molar-refractivity contribution is 5.89. The quantitative estimate of drug-likeness (QED) is 0.399. The molecular weight excluding hydrogens is 514 g/mol. The number of carbonyl (C=O) groups excluding carboxylic acids is 1. The molecule has 2 aliphatic heterocycles. The minimum Gasteiger partial charge on any atom is -0.455 e. The molecule has 9 heteroatoms. The Morgan fingerprint density at radius 3 is 2.52 bits per heavy atom. The maximum atomic E-state index is 13.5. The van der Waals surface area contributed by atoms with Crippen molar-refractivity contribution in [2.45, 2.75) is 67.0 Å². The molecule has 1 N–H and O–H groups in total. The molecule has 0 amide bonds. The Labute approximate surface area is 235 Å². The number of esters is 1. The van der Waals surface area contributed by atoms with Gasteiger partial charge in [0.25, 0.3) is 0 Å². The summed E-state index contributed by atoms with van der Waals surface area (Å²) in [6, 6.07) is 9.18. The van der Waals surface area contributed by atoms with Crippen molar-refractivity contribution < 1.29 is 38.3 Å². The minimum absolute atomic E-state index is 0.00754. The first-order valence-electron chi connectivity index (χ1n) is 14.7. The summed E-state index contributed by atoms with van der Waals surface area (Å²) in [5, 5.41) is 12.6. The second-order valence-corrected chi connectivity index (χ2v) is 13.7. The molecule has 7 bridgehead atoms. The van der Waals surface area contributed by atoms with Crippen LogP contribution in [0.3, 0.4) is 0 Å². The van der Waals surface area contributed by atoms with Crippen LogP contribution in [0.4, 0.5) is 0 Å². The first-order chi connectivity index (χ1) is 19.3. The molecule has 2 heterocycles. The van der Waals surface area contributed by atoms with Gasteiger partial charge in [0.15, 0.2) is 0 Å². The van der Waals surface area contributed by atoms with E-state index in [4.69, 9.17) is 28.4 Å².